The topological polar surface area (TPSA) is 87.0 Å². The molecule has 196 valence electrons. The van der Waals surface area contributed by atoms with Crippen LogP contribution in [0.1, 0.15) is 23.7 Å². The van der Waals surface area contributed by atoms with Crippen LogP contribution < -0.4 is 4.74 Å². The standard InChI is InChI=1S/C23H18F6N4O3S/c1-3-37(34,35)16-9-14(22(24,25)26)11-30-18(16)20-31-15-10-17(23(27,28)29)32-21(19(15)33(20)2)36-12-13-7-5-4-6-8-13/h4-11H,3,12H2,1-2H3. The third kappa shape index (κ3) is 5.24. The Kier molecular flexibility index (Phi) is 6.65. The van der Waals surface area contributed by atoms with E-state index < -0.39 is 55.7 Å². The molecule has 7 nitrogen and oxygen atoms in total. The van der Waals surface area contributed by atoms with Crippen LogP contribution in [0.4, 0.5) is 26.3 Å². The molecule has 0 amide bonds. The number of aryl methyl sites for hydroxylation is 1. The van der Waals surface area contributed by atoms with Gasteiger partial charge in [-0.3, -0.25) is 4.98 Å². The highest BCUT2D eigenvalue weighted by Gasteiger charge is 2.36. The Morgan fingerprint density at radius 1 is 0.973 bits per heavy atom. The predicted octanol–water partition coefficient (Wildman–Crippen LogP) is 5.44. The van der Waals surface area contributed by atoms with E-state index >= 15 is 0 Å². The molecule has 0 saturated carbocycles. The molecule has 14 heteroatoms. The van der Waals surface area contributed by atoms with Crippen LogP contribution >= 0.6 is 0 Å². The third-order valence-corrected chi connectivity index (χ3v) is 7.18. The van der Waals surface area contributed by atoms with Crippen molar-refractivity contribution in [3.05, 3.63) is 65.5 Å². The number of fused-ring (bicyclic) bond motifs is 1. The second-order valence-electron chi connectivity index (χ2n) is 7.92. The quantitative estimate of drug-likeness (QED) is 0.301. The normalized spacial score (nSPS) is 12.8. The summed E-state index contributed by atoms with van der Waals surface area (Å²) < 4.78 is 113. The van der Waals surface area contributed by atoms with Crippen molar-refractivity contribution in [3.8, 4) is 17.4 Å². The summed E-state index contributed by atoms with van der Waals surface area (Å²) in [5.74, 6) is -1.26. The van der Waals surface area contributed by atoms with Crippen molar-refractivity contribution < 1.29 is 39.5 Å². The molecule has 4 rings (SSSR count). The van der Waals surface area contributed by atoms with Crippen molar-refractivity contribution in [2.45, 2.75) is 30.8 Å². The highest BCUT2D eigenvalue weighted by molar-refractivity contribution is 7.91. The molecular weight excluding hydrogens is 526 g/mol. The maximum atomic E-state index is 13.6. The molecular formula is C23H18F6N4O3S. The highest BCUT2D eigenvalue weighted by atomic mass is 32.2. The first-order chi connectivity index (χ1) is 17.2. The zero-order valence-corrected chi connectivity index (χ0v) is 20.0. The molecule has 3 aromatic heterocycles. The van der Waals surface area contributed by atoms with Crippen LogP contribution in [0.5, 0.6) is 5.88 Å². The van der Waals surface area contributed by atoms with Crippen LogP contribution in [0.25, 0.3) is 22.6 Å². The van der Waals surface area contributed by atoms with E-state index in [0.717, 1.165) is 0 Å². The van der Waals surface area contributed by atoms with Crippen LogP contribution in [-0.4, -0.2) is 33.7 Å². The highest BCUT2D eigenvalue weighted by Crippen LogP contribution is 2.38. The van der Waals surface area contributed by atoms with E-state index in [1.807, 2.05) is 0 Å². The number of halogens is 6. The minimum absolute atomic E-state index is 0.0273. The van der Waals surface area contributed by atoms with Crippen molar-refractivity contribution in [3.63, 3.8) is 0 Å². The van der Waals surface area contributed by atoms with E-state index in [4.69, 9.17) is 4.74 Å². The van der Waals surface area contributed by atoms with Crippen molar-refractivity contribution >= 4 is 20.9 Å². The number of aromatic nitrogens is 4. The molecule has 4 aromatic rings. The minimum atomic E-state index is -4.88. The Bertz CT molecular complexity index is 1570. The molecule has 1 aromatic carbocycles. The number of alkyl halides is 6. The monoisotopic (exact) mass is 544 g/mol. The predicted molar refractivity (Wildman–Crippen MR) is 120 cm³/mol. The molecule has 0 aliphatic heterocycles. The maximum Gasteiger partial charge on any atom is 0.433 e. The molecule has 0 N–H and O–H groups in total. The van der Waals surface area contributed by atoms with Gasteiger partial charge in [0.05, 0.1) is 21.7 Å². The van der Waals surface area contributed by atoms with Gasteiger partial charge in [-0.1, -0.05) is 37.3 Å². The van der Waals surface area contributed by atoms with E-state index in [-0.39, 0.29) is 23.5 Å². The second kappa shape index (κ2) is 9.32. The van der Waals surface area contributed by atoms with E-state index in [9.17, 15) is 34.8 Å². The molecule has 0 atom stereocenters. The Labute approximate surface area is 206 Å². The fourth-order valence-electron chi connectivity index (χ4n) is 3.54. The van der Waals surface area contributed by atoms with Gasteiger partial charge in [0.2, 0.25) is 5.88 Å². The van der Waals surface area contributed by atoms with Crippen LogP contribution in [0.3, 0.4) is 0 Å². The number of imidazole rings is 1. The number of benzene rings is 1. The van der Waals surface area contributed by atoms with Gasteiger partial charge < -0.3 is 9.30 Å². The minimum Gasteiger partial charge on any atom is -0.471 e. The fourth-order valence-corrected chi connectivity index (χ4v) is 4.60. The summed E-state index contributed by atoms with van der Waals surface area (Å²) in [5.41, 5.74) is -2.71. The second-order valence-corrected chi connectivity index (χ2v) is 10.2. The van der Waals surface area contributed by atoms with Crippen molar-refractivity contribution in [1.29, 1.82) is 0 Å². The molecule has 0 radical (unpaired) electrons. The van der Waals surface area contributed by atoms with Gasteiger partial charge in [-0.2, -0.15) is 26.3 Å². The molecule has 0 spiro atoms. The van der Waals surface area contributed by atoms with Gasteiger partial charge in [-0.15, -0.1) is 0 Å². The number of hydrogen-bond acceptors (Lipinski definition) is 6. The van der Waals surface area contributed by atoms with Crippen LogP contribution in [0.15, 0.2) is 53.6 Å². The van der Waals surface area contributed by atoms with Crippen LogP contribution in [0.2, 0.25) is 0 Å². The lowest BCUT2D eigenvalue weighted by Gasteiger charge is -2.13. The fraction of sp³-hybridized carbons (Fsp3) is 0.261. The molecule has 0 fully saturated rings. The summed E-state index contributed by atoms with van der Waals surface area (Å²) in [6.45, 7) is 1.10. The summed E-state index contributed by atoms with van der Waals surface area (Å²) in [7, 11) is -2.90. The number of hydrogen-bond donors (Lipinski definition) is 0. The number of sulfone groups is 1. The van der Waals surface area contributed by atoms with Gasteiger partial charge in [0.1, 0.15) is 17.8 Å². The summed E-state index contributed by atoms with van der Waals surface area (Å²) in [5, 5.41) is 0. The molecule has 3 heterocycles. The van der Waals surface area contributed by atoms with Gasteiger partial charge in [0, 0.05) is 13.2 Å². The van der Waals surface area contributed by atoms with Gasteiger partial charge in [0.25, 0.3) is 0 Å². The Morgan fingerprint density at radius 2 is 1.65 bits per heavy atom. The number of pyridine rings is 2. The Hall–Kier alpha value is -3.68. The van der Waals surface area contributed by atoms with Gasteiger partial charge in [-0.05, 0) is 17.7 Å². The summed E-state index contributed by atoms with van der Waals surface area (Å²) in [6.07, 6.45) is -9.30. The van der Waals surface area contributed by atoms with Gasteiger partial charge in [0.15, 0.2) is 21.4 Å². The molecule has 0 bridgehead atoms. The SMILES string of the molecule is CCS(=O)(=O)c1cc(C(F)(F)F)cnc1-c1nc2cc(C(F)(F)F)nc(OCc3ccccc3)c2n1C. The number of nitrogens with zero attached hydrogens (tertiary/aromatic N) is 4. The summed E-state index contributed by atoms with van der Waals surface area (Å²) >= 11 is 0. The first-order valence-electron chi connectivity index (χ1n) is 10.6. The van der Waals surface area contributed by atoms with E-state index in [0.29, 0.717) is 23.9 Å². The maximum absolute atomic E-state index is 13.6. The van der Waals surface area contributed by atoms with E-state index in [2.05, 4.69) is 15.0 Å². The van der Waals surface area contributed by atoms with Crippen LogP contribution in [0, 0.1) is 0 Å². The van der Waals surface area contributed by atoms with Crippen molar-refractivity contribution in [2.75, 3.05) is 5.75 Å². The Morgan fingerprint density at radius 3 is 2.24 bits per heavy atom. The average molecular weight is 544 g/mol. The zero-order chi connectivity index (χ0) is 27.2. The van der Waals surface area contributed by atoms with Gasteiger partial charge in [-0.25, -0.2) is 18.4 Å². The molecule has 0 aliphatic rings. The third-order valence-electron chi connectivity index (χ3n) is 5.44. The largest absolute Gasteiger partial charge is 0.471 e. The lowest BCUT2D eigenvalue weighted by Crippen LogP contribution is -2.13. The average Bonchev–Trinajstić information content (AvgIpc) is 3.18. The molecule has 0 aliphatic carbocycles. The zero-order valence-electron chi connectivity index (χ0n) is 19.2. The molecule has 0 unspecified atom stereocenters. The Balaban J connectivity index is 1.95. The number of rotatable bonds is 6. The lowest BCUT2D eigenvalue weighted by molar-refractivity contribution is -0.141. The first-order valence-corrected chi connectivity index (χ1v) is 12.3. The van der Waals surface area contributed by atoms with E-state index in [1.54, 1.807) is 30.3 Å². The van der Waals surface area contributed by atoms with Gasteiger partial charge >= 0.3 is 12.4 Å². The molecule has 0 saturated heterocycles. The molecule has 37 heavy (non-hydrogen) atoms. The van der Waals surface area contributed by atoms with E-state index in [1.165, 1.54) is 18.5 Å². The van der Waals surface area contributed by atoms with Crippen molar-refractivity contribution in [2.24, 2.45) is 7.05 Å². The van der Waals surface area contributed by atoms with Crippen LogP contribution in [-0.2, 0) is 35.8 Å². The van der Waals surface area contributed by atoms with Crippen molar-refractivity contribution in [1.82, 2.24) is 19.5 Å². The smallest absolute Gasteiger partial charge is 0.433 e. The number of ether oxygens (including phenoxy) is 1. The lowest BCUT2D eigenvalue weighted by atomic mass is 10.2. The summed E-state index contributed by atoms with van der Waals surface area (Å²) in [4.78, 5) is 10.7. The first kappa shape index (κ1) is 26.4. The summed E-state index contributed by atoms with van der Waals surface area (Å²) in [6, 6.07) is 9.63.